The number of hydrogen-bond donors (Lipinski definition) is 1. The zero-order valence-electron chi connectivity index (χ0n) is 13.4. The highest BCUT2D eigenvalue weighted by molar-refractivity contribution is 7.89. The van der Waals surface area contributed by atoms with Gasteiger partial charge in [0.05, 0.1) is 4.90 Å². The Balaban J connectivity index is 2.63. The summed E-state index contributed by atoms with van der Waals surface area (Å²) in [7, 11) is -2.15. The first kappa shape index (κ1) is 19.1. The van der Waals surface area contributed by atoms with Crippen LogP contribution in [0.1, 0.15) is 30.1 Å². The second kappa shape index (κ2) is 8.59. The third-order valence-corrected chi connectivity index (χ3v) is 5.16. The molecule has 1 amide bonds. The number of benzene rings is 1. The smallest absolute Gasteiger partial charge is 0.242 e. The molecule has 1 aromatic rings. The van der Waals surface area contributed by atoms with Crippen LogP contribution in [0, 0.1) is 0 Å². The Morgan fingerprint density at radius 1 is 1.26 bits per heavy atom. The Morgan fingerprint density at radius 3 is 2.39 bits per heavy atom. The van der Waals surface area contributed by atoms with Gasteiger partial charge in [-0.15, -0.1) is 6.58 Å². The van der Waals surface area contributed by atoms with Gasteiger partial charge in [0.15, 0.2) is 5.78 Å². The first-order valence-corrected chi connectivity index (χ1v) is 8.68. The van der Waals surface area contributed by atoms with Gasteiger partial charge in [0.2, 0.25) is 15.9 Å². The van der Waals surface area contributed by atoms with Crippen molar-refractivity contribution < 1.29 is 18.0 Å². The minimum absolute atomic E-state index is 0.118. The molecular weight excluding hydrogens is 316 g/mol. The van der Waals surface area contributed by atoms with E-state index in [0.29, 0.717) is 18.5 Å². The second-order valence-electron chi connectivity index (χ2n) is 5.10. The lowest BCUT2D eigenvalue weighted by atomic mass is 10.2. The molecule has 0 aliphatic heterocycles. The van der Waals surface area contributed by atoms with E-state index in [0.717, 1.165) is 0 Å². The normalized spacial score (nSPS) is 11.3. The van der Waals surface area contributed by atoms with Gasteiger partial charge in [-0.2, -0.15) is 0 Å². The molecule has 0 aliphatic carbocycles. The zero-order valence-corrected chi connectivity index (χ0v) is 14.2. The topological polar surface area (TPSA) is 83.6 Å². The van der Waals surface area contributed by atoms with Crippen LogP contribution in [0.3, 0.4) is 0 Å². The van der Waals surface area contributed by atoms with E-state index in [1.54, 1.807) is 6.08 Å². The van der Waals surface area contributed by atoms with Gasteiger partial charge < -0.3 is 5.32 Å². The van der Waals surface area contributed by atoms with E-state index in [1.165, 1.54) is 42.5 Å². The van der Waals surface area contributed by atoms with Crippen LogP contribution in [-0.2, 0) is 14.8 Å². The fraction of sp³-hybridized carbons (Fsp3) is 0.375. The summed E-state index contributed by atoms with van der Waals surface area (Å²) in [5, 5.41) is 2.64. The molecular formula is C16H22N2O4S. The molecule has 0 spiro atoms. The number of carbonyl (C=O) groups excluding carboxylic acids is 2. The molecule has 0 unspecified atom stereocenters. The van der Waals surface area contributed by atoms with Gasteiger partial charge in [0.25, 0.3) is 0 Å². The van der Waals surface area contributed by atoms with Crippen molar-refractivity contribution in [1.82, 2.24) is 9.62 Å². The van der Waals surface area contributed by atoms with Gasteiger partial charge in [-0.1, -0.05) is 18.2 Å². The Labute approximate surface area is 137 Å². The van der Waals surface area contributed by atoms with Crippen LogP contribution in [0.15, 0.2) is 41.8 Å². The molecule has 0 aliphatic rings. The predicted octanol–water partition coefficient (Wildman–Crippen LogP) is 1.59. The van der Waals surface area contributed by atoms with Crippen LogP contribution in [0.5, 0.6) is 0 Å². The number of amides is 1. The first-order valence-electron chi connectivity index (χ1n) is 7.24. The fourth-order valence-electron chi connectivity index (χ4n) is 1.90. The monoisotopic (exact) mass is 338 g/mol. The average Bonchev–Trinajstić information content (AvgIpc) is 2.52. The third-order valence-electron chi connectivity index (χ3n) is 3.29. The lowest BCUT2D eigenvalue weighted by molar-refractivity contribution is -0.121. The lowest BCUT2D eigenvalue weighted by Gasteiger charge is -2.17. The van der Waals surface area contributed by atoms with Crippen molar-refractivity contribution in [3.63, 3.8) is 0 Å². The molecule has 0 saturated carbocycles. The van der Waals surface area contributed by atoms with Crippen LogP contribution in [0.25, 0.3) is 0 Å². The Hall–Kier alpha value is -1.99. The summed E-state index contributed by atoms with van der Waals surface area (Å²) in [5.41, 5.74) is 0.463. The molecule has 23 heavy (non-hydrogen) atoms. The zero-order chi connectivity index (χ0) is 17.5. The minimum Gasteiger partial charge on any atom is -0.353 e. The molecule has 1 aromatic carbocycles. The molecule has 0 saturated heterocycles. The lowest BCUT2D eigenvalue weighted by Crippen LogP contribution is -2.29. The molecule has 0 fully saturated rings. The van der Waals surface area contributed by atoms with E-state index in [1.807, 2.05) is 0 Å². The largest absolute Gasteiger partial charge is 0.353 e. The molecule has 126 valence electrons. The number of Topliss-reactive ketones (excluding diaryl/α,β-unsaturated/α-hetero) is 1. The standard InChI is InChI=1S/C16H22N2O4S/c1-4-11-17-16(20)6-5-12-18(3)23(21,22)15-9-7-14(8-10-15)13(2)19/h4,7-10H,1,5-6,11-12H2,2-3H3,(H,17,20). The highest BCUT2D eigenvalue weighted by Gasteiger charge is 2.20. The molecule has 1 N–H and O–H groups in total. The van der Waals surface area contributed by atoms with Gasteiger partial charge >= 0.3 is 0 Å². The second-order valence-corrected chi connectivity index (χ2v) is 7.15. The number of sulfonamides is 1. The van der Waals surface area contributed by atoms with Gasteiger partial charge in [0, 0.05) is 32.1 Å². The minimum atomic E-state index is -3.62. The third kappa shape index (κ3) is 5.61. The summed E-state index contributed by atoms with van der Waals surface area (Å²) in [6.07, 6.45) is 2.25. The molecule has 1 rings (SSSR count). The molecule has 0 heterocycles. The summed E-state index contributed by atoms with van der Waals surface area (Å²) >= 11 is 0. The Kier molecular flexibility index (Phi) is 7.12. The van der Waals surface area contributed by atoms with E-state index >= 15 is 0 Å². The number of nitrogens with zero attached hydrogens (tertiary/aromatic N) is 1. The SMILES string of the molecule is C=CCNC(=O)CCCN(C)S(=O)(=O)c1ccc(C(C)=O)cc1. The summed E-state index contributed by atoms with van der Waals surface area (Å²) in [5.74, 6) is -0.255. The van der Waals surface area contributed by atoms with Crippen LogP contribution < -0.4 is 5.32 Å². The van der Waals surface area contributed by atoms with Crippen molar-refractivity contribution in [2.75, 3.05) is 20.1 Å². The summed E-state index contributed by atoms with van der Waals surface area (Å²) < 4.78 is 26.0. The predicted molar refractivity (Wildman–Crippen MR) is 88.7 cm³/mol. The maximum atomic E-state index is 12.4. The van der Waals surface area contributed by atoms with Crippen LogP contribution in [0.4, 0.5) is 0 Å². The maximum Gasteiger partial charge on any atom is 0.242 e. The summed E-state index contributed by atoms with van der Waals surface area (Å²) in [4.78, 5) is 22.8. The average molecular weight is 338 g/mol. The highest BCUT2D eigenvalue weighted by Crippen LogP contribution is 2.16. The number of hydrogen-bond acceptors (Lipinski definition) is 4. The summed E-state index contributed by atoms with van der Waals surface area (Å²) in [6, 6.07) is 5.82. The van der Waals surface area contributed by atoms with E-state index in [9.17, 15) is 18.0 Å². The number of carbonyl (C=O) groups is 2. The van der Waals surface area contributed by atoms with Crippen molar-refractivity contribution in [3.8, 4) is 0 Å². The van der Waals surface area contributed by atoms with Gasteiger partial charge in [-0.25, -0.2) is 12.7 Å². The Morgan fingerprint density at radius 2 is 1.87 bits per heavy atom. The van der Waals surface area contributed by atoms with Gasteiger partial charge in [-0.05, 0) is 25.5 Å². The number of nitrogens with one attached hydrogen (secondary N) is 1. The molecule has 6 nitrogen and oxygen atoms in total. The maximum absolute atomic E-state index is 12.4. The first-order chi connectivity index (χ1) is 10.8. The van der Waals surface area contributed by atoms with E-state index < -0.39 is 10.0 Å². The molecule has 0 aromatic heterocycles. The van der Waals surface area contributed by atoms with Gasteiger partial charge in [-0.3, -0.25) is 9.59 Å². The Bertz CT molecular complexity index is 666. The van der Waals surface area contributed by atoms with E-state index in [2.05, 4.69) is 11.9 Å². The van der Waals surface area contributed by atoms with Crippen molar-refractivity contribution in [1.29, 1.82) is 0 Å². The van der Waals surface area contributed by atoms with E-state index in [-0.39, 0.29) is 29.6 Å². The fourth-order valence-corrected chi connectivity index (χ4v) is 3.11. The van der Waals surface area contributed by atoms with Crippen LogP contribution in [-0.4, -0.2) is 44.6 Å². The van der Waals surface area contributed by atoms with E-state index in [4.69, 9.17) is 0 Å². The van der Waals surface area contributed by atoms with Crippen molar-refractivity contribution in [2.45, 2.75) is 24.7 Å². The van der Waals surface area contributed by atoms with Crippen LogP contribution >= 0.6 is 0 Å². The quantitative estimate of drug-likeness (QED) is 0.547. The number of ketones is 1. The van der Waals surface area contributed by atoms with Crippen LogP contribution in [0.2, 0.25) is 0 Å². The van der Waals surface area contributed by atoms with Crippen molar-refractivity contribution >= 4 is 21.7 Å². The van der Waals surface area contributed by atoms with Crippen molar-refractivity contribution in [3.05, 3.63) is 42.5 Å². The highest BCUT2D eigenvalue weighted by atomic mass is 32.2. The molecule has 0 bridgehead atoms. The molecule has 0 atom stereocenters. The molecule has 7 heteroatoms. The number of rotatable bonds is 9. The summed E-state index contributed by atoms with van der Waals surface area (Å²) in [6.45, 7) is 5.56. The molecule has 0 radical (unpaired) electrons. The van der Waals surface area contributed by atoms with Gasteiger partial charge in [0.1, 0.15) is 0 Å². The van der Waals surface area contributed by atoms with Crippen molar-refractivity contribution in [2.24, 2.45) is 0 Å².